The quantitative estimate of drug-likeness (QED) is 0.799. The Bertz CT molecular complexity index is 654. The highest BCUT2D eigenvalue weighted by Crippen LogP contribution is 2.19. The number of piperazine rings is 1. The van der Waals surface area contributed by atoms with Crippen molar-refractivity contribution in [2.75, 3.05) is 26.7 Å². The smallest absolute Gasteiger partial charge is 0.329 e. The third-order valence-corrected chi connectivity index (χ3v) is 4.75. The minimum Gasteiger partial charge on any atom is -0.467 e. The Kier molecular flexibility index (Phi) is 4.78. The van der Waals surface area contributed by atoms with E-state index in [0.717, 1.165) is 6.54 Å². The van der Waals surface area contributed by atoms with Gasteiger partial charge in [-0.15, -0.1) is 11.3 Å². The first-order valence-corrected chi connectivity index (χ1v) is 8.24. The Morgan fingerprint density at radius 1 is 1.35 bits per heavy atom. The van der Waals surface area contributed by atoms with Crippen LogP contribution in [0, 0.1) is 0 Å². The first-order chi connectivity index (χ1) is 11.2. The Morgan fingerprint density at radius 3 is 2.87 bits per heavy atom. The molecule has 0 saturated carbocycles. The number of furan rings is 1. The maximum absolute atomic E-state index is 12.5. The lowest BCUT2D eigenvalue weighted by Gasteiger charge is -2.39. The van der Waals surface area contributed by atoms with Gasteiger partial charge in [0, 0.05) is 31.1 Å². The van der Waals surface area contributed by atoms with Crippen molar-refractivity contribution in [1.82, 2.24) is 9.80 Å². The van der Waals surface area contributed by atoms with Gasteiger partial charge in [0.2, 0.25) is 0 Å². The molecule has 0 radical (unpaired) electrons. The SMILES string of the molecule is COC(=O)C1CN(Cc2cccs2)CCN1C(=O)c1ccco1. The van der Waals surface area contributed by atoms with Crippen LogP contribution in [0.15, 0.2) is 40.3 Å². The number of rotatable bonds is 4. The molecule has 6 nitrogen and oxygen atoms in total. The molecule has 2 aromatic rings. The predicted octanol–water partition coefficient (Wildman–Crippen LogP) is 1.84. The summed E-state index contributed by atoms with van der Waals surface area (Å²) in [6, 6.07) is 6.72. The van der Waals surface area contributed by atoms with E-state index in [2.05, 4.69) is 11.0 Å². The van der Waals surface area contributed by atoms with Gasteiger partial charge in [-0.25, -0.2) is 4.79 Å². The summed E-state index contributed by atoms with van der Waals surface area (Å²) in [6.45, 7) is 2.40. The van der Waals surface area contributed by atoms with E-state index >= 15 is 0 Å². The molecule has 1 aliphatic rings. The van der Waals surface area contributed by atoms with E-state index in [1.165, 1.54) is 23.2 Å². The molecule has 23 heavy (non-hydrogen) atoms. The van der Waals surface area contributed by atoms with Crippen molar-refractivity contribution in [2.45, 2.75) is 12.6 Å². The Hall–Kier alpha value is -2.12. The molecule has 1 atom stereocenters. The van der Waals surface area contributed by atoms with E-state index < -0.39 is 12.0 Å². The van der Waals surface area contributed by atoms with E-state index in [-0.39, 0.29) is 11.7 Å². The third-order valence-electron chi connectivity index (χ3n) is 3.89. The van der Waals surface area contributed by atoms with Crippen LogP contribution in [0.3, 0.4) is 0 Å². The first kappa shape index (κ1) is 15.8. The Balaban J connectivity index is 1.73. The van der Waals surface area contributed by atoms with Gasteiger partial charge in [0.25, 0.3) is 5.91 Å². The minimum atomic E-state index is -0.619. The molecular weight excluding hydrogens is 316 g/mol. The number of carbonyl (C=O) groups excluding carboxylic acids is 2. The average Bonchev–Trinajstić information content (AvgIpc) is 3.27. The Labute approximate surface area is 138 Å². The van der Waals surface area contributed by atoms with Crippen LogP contribution in [-0.2, 0) is 16.1 Å². The van der Waals surface area contributed by atoms with Crippen LogP contribution in [0.2, 0.25) is 0 Å². The minimum absolute atomic E-state index is 0.241. The van der Waals surface area contributed by atoms with Crippen molar-refractivity contribution >= 4 is 23.2 Å². The second kappa shape index (κ2) is 6.97. The van der Waals surface area contributed by atoms with Gasteiger partial charge in [-0.05, 0) is 23.6 Å². The van der Waals surface area contributed by atoms with Gasteiger partial charge in [0.15, 0.2) is 5.76 Å². The second-order valence-corrected chi connectivity index (χ2v) is 6.36. The van der Waals surface area contributed by atoms with Crippen LogP contribution in [0.25, 0.3) is 0 Å². The normalized spacial score (nSPS) is 18.8. The zero-order valence-corrected chi connectivity index (χ0v) is 13.6. The summed E-state index contributed by atoms with van der Waals surface area (Å²) in [4.78, 5) is 29.6. The van der Waals surface area contributed by atoms with E-state index in [1.54, 1.807) is 23.5 Å². The van der Waals surface area contributed by atoms with Crippen LogP contribution in [-0.4, -0.2) is 54.5 Å². The van der Waals surface area contributed by atoms with Crippen LogP contribution in [0.4, 0.5) is 0 Å². The number of ether oxygens (including phenoxy) is 1. The molecule has 0 bridgehead atoms. The van der Waals surface area contributed by atoms with Gasteiger partial charge >= 0.3 is 5.97 Å². The number of hydrogen-bond acceptors (Lipinski definition) is 6. The maximum Gasteiger partial charge on any atom is 0.329 e. The van der Waals surface area contributed by atoms with Gasteiger partial charge in [0.05, 0.1) is 13.4 Å². The fraction of sp³-hybridized carbons (Fsp3) is 0.375. The van der Waals surface area contributed by atoms with Gasteiger partial charge in [0.1, 0.15) is 6.04 Å². The molecule has 1 unspecified atom stereocenters. The lowest BCUT2D eigenvalue weighted by Crippen LogP contribution is -2.58. The molecule has 1 saturated heterocycles. The summed E-state index contributed by atoms with van der Waals surface area (Å²) in [5, 5.41) is 2.03. The maximum atomic E-state index is 12.5. The molecule has 0 aliphatic carbocycles. The van der Waals surface area contributed by atoms with E-state index in [9.17, 15) is 9.59 Å². The molecule has 1 fully saturated rings. The second-order valence-electron chi connectivity index (χ2n) is 5.33. The molecule has 0 aromatic carbocycles. The first-order valence-electron chi connectivity index (χ1n) is 7.36. The number of hydrogen-bond donors (Lipinski definition) is 0. The fourth-order valence-corrected chi connectivity index (χ4v) is 3.47. The monoisotopic (exact) mass is 334 g/mol. The van der Waals surface area contributed by atoms with Crippen LogP contribution in [0.1, 0.15) is 15.4 Å². The molecule has 1 amide bonds. The van der Waals surface area contributed by atoms with Crippen molar-refractivity contribution in [1.29, 1.82) is 0 Å². The molecule has 2 aromatic heterocycles. The molecule has 3 rings (SSSR count). The van der Waals surface area contributed by atoms with Gasteiger partial charge < -0.3 is 14.1 Å². The highest BCUT2D eigenvalue weighted by atomic mass is 32.1. The number of esters is 1. The molecule has 0 N–H and O–H groups in total. The lowest BCUT2D eigenvalue weighted by atomic mass is 10.1. The highest BCUT2D eigenvalue weighted by Gasteiger charge is 2.37. The molecule has 0 spiro atoms. The summed E-state index contributed by atoms with van der Waals surface area (Å²) in [6.07, 6.45) is 1.45. The van der Waals surface area contributed by atoms with Crippen LogP contribution in [0.5, 0.6) is 0 Å². The number of amides is 1. The standard InChI is InChI=1S/C16H18N2O4S/c1-21-16(20)13-11-17(10-12-4-3-9-23-12)6-7-18(13)15(19)14-5-2-8-22-14/h2-5,8-9,13H,6-7,10-11H2,1H3. The van der Waals surface area contributed by atoms with Gasteiger partial charge in [-0.3, -0.25) is 9.69 Å². The van der Waals surface area contributed by atoms with Crippen molar-refractivity contribution in [3.05, 3.63) is 46.5 Å². The zero-order valence-electron chi connectivity index (χ0n) is 12.8. The van der Waals surface area contributed by atoms with E-state index in [4.69, 9.17) is 9.15 Å². The van der Waals surface area contributed by atoms with E-state index in [0.29, 0.717) is 19.6 Å². The molecule has 122 valence electrons. The molecule has 7 heteroatoms. The zero-order chi connectivity index (χ0) is 16.2. The van der Waals surface area contributed by atoms with Crippen molar-refractivity contribution in [3.63, 3.8) is 0 Å². The summed E-state index contributed by atoms with van der Waals surface area (Å²) >= 11 is 1.68. The molecular formula is C16H18N2O4S. The van der Waals surface area contributed by atoms with Crippen LogP contribution < -0.4 is 0 Å². The lowest BCUT2D eigenvalue weighted by molar-refractivity contribution is -0.148. The number of methoxy groups -OCH3 is 1. The average molecular weight is 334 g/mol. The summed E-state index contributed by atoms with van der Waals surface area (Å²) in [5.74, 6) is -0.437. The summed E-state index contributed by atoms with van der Waals surface area (Å²) in [7, 11) is 1.34. The molecule has 3 heterocycles. The topological polar surface area (TPSA) is 63.0 Å². The highest BCUT2D eigenvalue weighted by molar-refractivity contribution is 7.09. The summed E-state index contributed by atoms with van der Waals surface area (Å²) < 4.78 is 10.1. The Morgan fingerprint density at radius 2 is 2.22 bits per heavy atom. The summed E-state index contributed by atoms with van der Waals surface area (Å²) in [5.41, 5.74) is 0. The predicted molar refractivity (Wildman–Crippen MR) is 85.1 cm³/mol. The number of nitrogens with zero attached hydrogens (tertiary/aromatic N) is 2. The van der Waals surface area contributed by atoms with Crippen molar-refractivity contribution in [3.8, 4) is 0 Å². The van der Waals surface area contributed by atoms with Crippen molar-refractivity contribution in [2.24, 2.45) is 0 Å². The van der Waals surface area contributed by atoms with Crippen LogP contribution >= 0.6 is 11.3 Å². The largest absolute Gasteiger partial charge is 0.467 e. The molecule has 1 aliphatic heterocycles. The van der Waals surface area contributed by atoms with Gasteiger partial charge in [-0.1, -0.05) is 6.07 Å². The number of carbonyl (C=O) groups is 2. The fourth-order valence-electron chi connectivity index (χ4n) is 2.73. The van der Waals surface area contributed by atoms with Gasteiger partial charge in [-0.2, -0.15) is 0 Å². The number of thiophene rings is 1. The third kappa shape index (κ3) is 3.46. The van der Waals surface area contributed by atoms with Crippen molar-refractivity contribution < 1.29 is 18.7 Å². The van der Waals surface area contributed by atoms with E-state index in [1.807, 2.05) is 11.4 Å².